The van der Waals surface area contributed by atoms with E-state index in [9.17, 15) is 0 Å². The number of nitrogens with zero attached hydrogens (tertiary/aromatic N) is 1. The van der Waals surface area contributed by atoms with Gasteiger partial charge in [0.1, 0.15) is 0 Å². The van der Waals surface area contributed by atoms with Crippen molar-refractivity contribution in [2.75, 3.05) is 57.8 Å². The van der Waals surface area contributed by atoms with Crippen LogP contribution in [0.2, 0.25) is 0 Å². The highest BCUT2D eigenvalue weighted by Crippen LogP contribution is 2.02. The molecule has 8 N–H and O–H groups in total. The average Bonchev–Trinajstić information content (AvgIpc) is 2.43. The summed E-state index contributed by atoms with van der Waals surface area (Å²) in [5.74, 6) is 2.38. The minimum atomic E-state index is 0.785. The number of hydrogen-bond donors (Lipinski definition) is 4. The quantitative estimate of drug-likeness (QED) is 0.378. The lowest BCUT2D eigenvalue weighted by atomic mass is 10.3. The summed E-state index contributed by atoms with van der Waals surface area (Å²) in [7, 11) is 2.10. The molecule has 0 aromatic heterocycles. The fourth-order valence-electron chi connectivity index (χ4n) is 1.31. The van der Waals surface area contributed by atoms with Gasteiger partial charge < -0.3 is 27.8 Å². The average molecular weight is 294 g/mol. The van der Waals surface area contributed by atoms with Gasteiger partial charge in [0, 0.05) is 0 Å². The lowest BCUT2D eigenvalue weighted by molar-refractivity contribution is 0.329. The zero-order valence-corrected chi connectivity index (χ0v) is 13.5. The van der Waals surface area contributed by atoms with Gasteiger partial charge in [-0.15, -0.1) is 0 Å². The highest BCUT2D eigenvalue weighted by molar-refractivity contribution is 7.99. The Labute approximate surface area is 123 Å². The third-order valence-electron chi connectivity index (χ3n) is 2.47. The van der Waals surface area contributed by atoms with Gasteiger partial charge in [-0.05, 0) is 83.5 Å². The van der Waals surface area contributed by atoms with Crippen molar-refractivity contribution >= 4 is 11.8 Å². The van der Waals surface area contributed by atoms with Gasteiger partial charge in [-0.2, -0.15) is 11.8 Å². The standard InChI is InChI=1S/C7H19N3.C6H16N2S/c1-10(6-2-4-8)7-3-5-9;7-3-1-5-9-6-2-4-8/h2-9H2,1H3;1-8H2. The zero-order valence-electron chi connectivity index (χ0n) is 12.7. The molecule has 0 saturated heterocycles. The Kier molecular flexibility index (Phi) is 23.1. The third kappa shape index (κ3) is 23.6. The van der Waals surface area contributed by atoms with E-state index in [-0.39, 0.29) is 0 Å². The van der Waals surface area contributed by atoms with Crippen LogP contribution in [0.3, 0.4) is 0 Å². The van der Waals surface area contributed by atoms with E-state index in [1.807, 2.05) is 11.8 Å². The van der Waals surface area contributed by atoms with Crippen LogP contribution in [0.5, 0.6) is 0 Å². The molecule has 0 radical (unpaired) electrons. The van der Waals surface area contributed by atoms with E-state index in [1.165, 1.54) is 11.5 Å². The largest absolute Gasteiger partial charge is 0.330 e. The van der Waals surface area contributed by atoms with E-state index in [1.54, 1.807) is 0 Å². The van der Waals surface area contributed by atoms with Crippen molar-refractivity contribution in [2.24, 2.45) is 22.9 Å². The van der Waals surface area contributed by atoms with Crippen molar-refractivity contribution in [2.45, 2.75) is 25.7 Å². The van der Waals surface area contributed by atoms with Crippen molar-refractivity contribution in [3.05, 3.63) is 0 Å². The second kappa shape index (κ2) is 20.5. The van der Waals surface area contributed by atoms with Gasteiger partial charge in [-0.25, -0.2) is 0 Å². The summed E-state index contributed by atoms with van der Waals surface area (Å²) in [5, 5.41) is 0. The molecule has 0 aliphatic rings. The molecule has 0 unspecified atom stereocenters. The van der Waals surface area contributed by atoms with Gasteiger partial charge in [0.25, 0.3) is 0 Å². The second-order valence-electron chi connectivity index (χ2n) is 4.48. The molecular weight excluding hydrogens is 258 g/mol. The topological polar surface area (TPSA) is 107 Å². The molecule has 5 nitrogen and oxygen atoms in total. The van der Waals surface area contributed by atoms with Gasteiger partial charge in [0.15, 0.2) is 0 Å². The Bertz CT molecular complexity index is 135. The highest BCUT2D eigenvalue weighted by atomic mass is 32.2. The van der Waals surface area contributed by atoms with Crippen LogP contribution in [0.15, 0.2) is 0 Å². The maximum absolute atomic E-state index is 5.35. The van der Waals surface area contributed by atoms with E-state index in [2.05, 4.69) is 11.9 Å². The van der Waals surface area contributed by atoms with Crippen LogP contribution >= 0.6 is 11.8 Å². The number of rotatable bonds is 12. The predicted octanol–water partition coefficient (Wildman–Crippen LogP) is 0.0330. The minimum Gasteiger partial charge on any atom is -0.330 e. The van der Waals surface area contributed by atoms with Crippen molar-refractivity contribution in [3.8, 4) is 0 Å². The van der Waals surface area contributed by atoms with E-state index in [0.29, 0.717) is 0 Å². The Morgan fingerprint density at radius 3 is 1.37 bits per heavy atom. The van der Waals surface area contributed by atoms with Crippen LogP contribution in [0.4, 0.5) is 0 Å². The molecule has 19 heavy (non-hydrogen) atoms. The monoisotopic (exact) mass is 293 g/mol. The van der Waals surface area contributed by atoms with Crippen LogP contribution in [0.25, 0.3) is 0 Å². The molecule has 0 aromatic carbocycles. The fourth-order valence-corrected chi connectivity index (χ4v) is 2.25. The van der Waals surface area contributed by atoms with Crippen LogP contribution in [0.1, 0.15) is 25.7 Å². The fraction of sp³-hybridized carbons (Fsp3) is 1.00. The zero-order chi connectivity index (χ0) is 14.8. The van der Waals surface area contributed by atoms with Crippen molar-refractivity contribution < 1.29 is 0 Å². The summed E-state index contributed by atoms with van der Waals surface area (Å²) in [6.07, 6.45) is 4.44. The van der Waals surface area contributed by atoms with Gasteiger partial charge >= 0.3 is 0 Å². The molecule has 0 bridgehead atoms. The lowest BCUT2D eigenvalue weighted by Gasteiger charge is -2.14. The molecule has 0 amide bonds. The molecule has 0 heterocycles. The number of thioether (sulfide) groups is 1. The summed E-state index contributed by atoms with van der Waals surface area (Å²) in [5.41, 5.74) is 21.3. The summed E-state index contributed by atoms with van der Waals surface area (Å²) in [6.45, 7) is 5.39. The SMILES string of the molecule is CN(CCCN)CCCN.NCCCSCCCN. The molecule has 0 aliphatic carbocycles. The molecular formula is C13H35N5S. The second-order valence-corrected chi connectivity index (χ2v) is 5.71. The first-order chi connectivity index (χ1) is 9.22. The maximum atomic E-state index is 5.35. The Morgan fingerprint density at radius 2 is 1.05 bits per heavy atom. The molecule has 0 spiro atoms. The maximum Gasteiger partial charge on any atom is -0.000976 e. The van der Waals surface area contributed by atoms with Gasteiger partial charge in [-0.1, -0.05) is 0 Å². The first-order valence-corrected chi connectivity index (χ1v) is 8.44. The smallest absolute Gasteiger partial charge is 0.000976 e. The lowest BCUT2D eigenvalue weighted by Crippen LogP contribution is -2.24. The normalized spacial score (nSPS) is 10.4. The van der Waals surface area contributed by atoms with Gasteiger partial charge in [-0.3, -0.25) is 0 Å². The molecule has 0 aliphatic heterocycles. The summed E-state index contributed by atoms with van der Waals surface area (Å²) in [6, 6.07) is 0. The molecule has 0 atom stereocenters. The van der Waals surface area contributed by atoms with E-state index >= 15 is 0 Å². The number of nitrogens with two attached hydrogens (primary N) is 4. The molecule has 118 valence electrons. The Balaban J connectivity index is 0. The predicted molar refractivity (Wildman–Crippen MR) is 89.5 cm³/mol. The highest BCUT2D eigenvalue weighted by Gasteiger charge is 1.94. The summed E-state index contributed by atoms with van der Waals surface area (Å²) < 4.78 is 0. The molecule has 0 aromatic rings. The molecule has 0 saturated carbocycles. The van der Waals surface area contributed by atoms with Crippen LogP contribution in [0, 0.1) is 0 Å². The van der Waals surface area contributed by atoms with E-state index < -0.39 is 0 Å². The Hall–Kier alpha value is 0.150. The summed E-state index contributed by atoms with van der Waals surface area (Å²) >= 11 is 1.94. The molecule has 0 rings (SSSR count). The molecule has 6 heteroatoms. The van der Waals surface area contributed by atoms with Crippen molar-refractivity contribution in [1.82, 2.24) is 4.90 Å². The van der Waals surface area contributed by atoms with E-state index in [4.69, 9.17) is 22.9 Å². The van der Waals surface area contributed by atoms with Gasteiger partial charge in [0.2, 0.25) is 0 Å². The van der Waals surface area contributed by atoms with Crippen molar-refractivity contribution in [1.29, 1.82) is 0 Å². The Morgan fingerprint density at radius 1 is 0.684 bits per heavy atom. The van der Waals surface area contributed by atoms with Gasteiger partial charge in [0.05, 0.1) is 0 Å². The minimum absolute atomic E-state index is 0.785. The first kappa shape index (κ1) is 21.4. The van der Waals surface area contributed by atoms with Crippen LogP contribution < -0.4 is 22.9 Å². The first-order valence-electron chi connectivity index (χ1n) is 7.29. The van der Waals surface area contributed by atoms with E-state index in [0.717, 1.165) is 65.0 Å². The third-order valence-corrected chi connectivity index (χ3v) is 3.63. The summed E-state index contributed by atoms with van der Waals surface area (Å²) in [4.78, 5) is 2.26. The van der Waals surface area contributed by atoms with Crippen LogP contribution in [-0.4, -0.2) is 62.7 Å². The number of hydrogen-bond acceptors (Lipinski definition) is 6. The van der Waals surface area contributed by atoms with Crippen molar-refractivity contribution in [3.63, 3.8) is 0 Å². The van der Waals surface area contributed by atoms with Crippen LogP contribution in [-0.2, 0) is 0 Å². The molecule has 0 fully saturated rings.